The molecule has 2 aromatic rings. The topological polar surface area (TPSA) is 114 Å². The number of nitrogens with one attached hydrogen (secondary N) is 3. The summed E-state index contributed by atoms with van der Waals surface area (Å²) in [5, 5.41) is 27.2. The normalized spacial score (nSPS) is 15.6. The molecular weight excluding hydrogens is 492 g/mol. The van der Waals surface area contributed by atoms with Crippen LogP contribution in [0.1, 0.15) is 46.3 Å². The third-order valence-corrected chi connectivity index (χ3v) is 5.92. The second-order valence-electron chi connectivity index (χ2n) is 8.60. The maximum absolute atomic E-state index is 13.3. The Hall–Kier alpha value is -3.70. The highest BCUT2D eigenvalue weighted by Gasteiger charge is 2.49. The molecule has 0 saturated heterocycles. The molecule has 1 saturated carbocycles. The zero-order valence-corrected chi connectivity index (χ0v) is 18.6. The monoisotopic (exact) mass is 513 g/mol. The molecule has 6 nitrogen and oxygen atoms in total. The smallest absolute Gasteiger partial charge is 0.429 e. The fourth-order valence-corrected chi connectivity index (χ4v) is 3.77. The van der Waals surface area contributed by atoms with Crippen LogP contribution in [0.15, 0.2) is 48.5 Å². The summed E-state index contributed by atoms with van der Waals surface area (Å²) in [4.78, 5) is 23.9. The molecule has 2 aromatic carbocycles. The maximum atomic E-state index is 13.3. The molecule has 0 bridgehead atoms. The standard InChI is InChI=1S/C24H21F6N3O3/c25-23(26,27)16-5-1-13(2-6-16)11-17(31)12-18(19(32)24(28,29)30)20(34)33-22(9-10-22)15-7-3-14(4-8-15)21(35)36/h1-8,18,31-32H,9-12H2,(H,33,34)(H,35,36). The van der Waals surface area contributed by atoms with Crippen LogP contribution in [-0.2, 0) is 22.9 Å². The van der Waals surface area contributed by atoms with Crippen molar-refractivity contribution in [3.8, 4) is 0 Å². The number of halogens is 6. The van der Waals surface area contributed by atoms with Crippen molar-refractivity contribution in [3.05, 3.63) is 70.8 Å². The molecule has 1 atom stereocenters. The molecule has 1 aliphatic rings. The molecule has 4 N–H and O–H groups in total. The van der Waals surface area contributed by atoms with Crippen LogP contribution in [0.4, 0.5) is 26.3 Å². The third-order valence-electron chi connectivity index (χ3n) is 5.92. The summed E-state index contributed by atoms with van der Waals surface area (Å²) in [7, 11) is 0. The Kier molecular flexibility index (Phi) is 7.28. The van der Waals surface area contributed by atoms with Gasteiger partial charge < -0.3 is 15.8 Å². The van der Waals surface area contributed by atoms with E-state index >= 15 is 0 Å². The van der Waals surface area contributed by atoms with Crippen LogP contribution < -0.4 is 5.32 Å². The quantitative estimate of drug-likeness (QED) is 0.267. The predicted octanol–water partition coefficient (Wildman–Crippen LogP) is 5.36. The van der Waals surface area contributed by atoms with Crippen molar-refractivity contribution in [2.24, 2.45) is 5.92 Å². The van der Waals surface area contributed by atoms with Gasteiger partial charge in [0.1, 0.15) is 5.71 Å². The highest BCUT2D eigenvalue weighted by molar-refractivity contribution is 6.08. The minimum Gasteiger partial charge on any atom is -0.478 e. The van der Waals surface area contributed by atoms with Gasteiger partial charge in [-0.25, -0.2) is 4.79 Å². The highest BCUT2D eigenvalue weighted by Crippen LogP contribution is 2.46. The van der Waals surface area contributed by atoms with Crippen LogP contribution in [0.5, 0.6) is 0 Å². The van der Waals surface area contributed by atoms with E-state index in [4.69, 9.17) is 15.9 Å². The minimum atomic E-state index is -5.13. The van der Waals surface area contributed by atoms with Gasteiger partial charge in [-0.3, -0.25) is 10.2 Å². The molecule has 1 fully saturated rings. The van der Waals surface area contributed by atoms with Crippen LogP contribution in [-0.4, -0.2) is 34.6 Å². The van der Waals surface area contributed by atoms with Gasteiger partial charge in [0.2, 0.25) is 5.91 Å². The van der Waals surface area contributed by atoms with Crippen LogP contribution in [0.25, 0.3) is 0 Å². The lowest BCUT2D eigenvalue weighted by Gasteiger charge is -2.24. The zero-order chi connectivity index (χ0) is 26.9. The lowest BCUT2D eigenvalue weighted by atomic mass is 9.91. The van der Waals surface area contributed by atoms with Gasteiger partial charge in [-0.2, -0.15) is 26.3 Å². The van der Waals surface area contributed by atoms with Crippen molar-refractivity contribution in [3.63, 3.8) is 0 Å². The number of carbonyl (C=O) groups is 2. The van der Waals surface area contributed by atoms with Crippen LogP contribution in [0, 0.1) is 16.7 Å². The molecule has 1 aliphatic carbocycles. The molecule has 0 spiro atoms. The summed E-state index contributed by atoms with van der Waals surface area (Å²) in [6.45, 7) is 0. The largest absolute Gasteiger partial charge is 0.478 e. The fraction of sp³-hybridized carbons (Fsp3) is 0.333. The Morgan fingerprint density at radius 2 is 1.50 bits per heavy atom. The number of amides is 1. The van der Waals surface area contributed by atoms with Gasteiger partial charge in [0, 0.05) is 18.6 Å². The summed E-state index contributed by atoms with van der Waals surface area (Å²) in [5.41, 5.74) is -3.39. The molecule has 12 heteroatoms. The van der Waals surface area contributed by atoms with Gasteiger partial charge >= 0.3 is 18.3 Å². The summed E-state index contributed by atoms with van der Waals surface area (Å²) < 4.78 is 78.2. The van der Waals surface area contributed by atoms with Gasteiger partial charge in [-0.05, 0) is 48.2 Å². The van der Waals surface area contributed by atoms with E-state index in [0.29, 0.717) is 18.4 Å². The summed E-state index contributed by atoms with van der Waals surface area (Å²) in [6, 6.07) is 9.29. The van der Waals surface area contributed by atoms with Crippen molar-refractivity contribution in [2.75, 3.05) is 0 Å². The number of rotatable bonds is 9. The number of carboxylic acid groups (broad SMARTS) is 1. The van der Waals surface area contributed by atoms with Gasteiger partial charge in [0.15, 0.2) is 0 Å². The van der Waals surface area contributed by atoms with E-state index < -0.39 is 53.4 Å². The van der Waals surface area contributed by atoms with Crippen molar-refractivity contribution >= 4 is 23.3 Å². The van der Waals surface area contributed by atoms with Crippen LogP contribution >= 0.6 is 0 Å². The summed E-state index contributed by atoms with van der Waals surface area (Å²) in [5.74, 6) is -4.32. The Balaban J connectivity index is 1.75. The van der Waals surface area contributed by atoms with E-state index in [1.807, 2.05) is 0 Å². The molecule has 36 heavy (non-hydrogen) atoms. The number of benzene rings is 2. The van der Waals surface area contributed by atoms with Gasteiger partial charge in [-0.1, -0.05) is 24.3 Å². The lowest BCUT2D eigenvalue weighted by molar-refractivity contribution is -0.137. The first-order valence-electron chi connectivity index (χ1n) is 10.7. The third kappa shape index (κ3) is 6.29. The van der Waals surface area contributed by atoms with Crippen LogP contribution in [0.3, 0.4) is 0 Å². The summed E-state index contributed by atoms with van der Waals surface area (Å²) in [6.07, 6.45) is -9.96. The molecule has 3 rings (SSSR count). The van der Waals surface area contributed by atoms with Crippen molar-refractivity contribution in [2.45, 2.75) is 43.6 Å². The van der Waals surface area contributed by atoms with Crippen LogP contribution in [0.2, 0.25) is 0 Å². The highest BCUT2D eigenvalue weighted by atomic mass is 19.4. The fourth-order valence-electron chi connectivity index (χ4n) is 3.77. The van der Waals surface area contributed by atoms with Crippen molar-refractivity contribution in [1.29, 1.82) is 10.8 Å². The number of aromatic carboxylic acids is 1. The number of alkyl halides is 6. The Morgan fingerprint density at radius 1 is 0.944 bits per heavy atom. The first kappa shape index (κ1) is 26.9. The average Bonchev–Trinajstić information content (AvgIpc) is 3.56. The van der Waals surface area contributed by atoms with Crippen molar-refractivity contribution < 1.29 is 41.0 Å². The Morgan fingerprint density at radius 3 is 1.94 bits per heavy atom. The molecule has 0 aliphatic heterocycles. The Labute approximate surface area is 201 Å². The van der Waals surface area contributed by atoms with E-state index in [1.165, 1.54) is 24.3 Å². The molecule has 0 heterocycles. The van der Waals surface area contributed by atoms with E-state index in [0.717, 1.165) is 24.3 Å². The maximum Gasteiger partial charge on any atom is 0.429 e. The molecular formula is C24H21F6N3O3. The number of hydrogen-bond donors (Lipinski definition) is 4. The zero-order valence-electron chi connectivity index (χ0n) is 18.6. The molecule has 0 aromatic heterocycles. The molecule has 1 unspecified atom stereocenters. The van der Waals surface area contributed by atoms with Gasteiger partial charge in [-0.15, -0.1) is 0 Å². The van der Waals surface area contributed by atoms with E-state index in [-0.39, 0.29) is 23.3 Å². The first-order valence-corrected chi connectivity index (χ1v) is 10.7. The Bertz CT molecular complexity index is 1170. The van der Waals surface area contributed by atoms with Gasteiger partial charge in [0.25, 0.3) is 0 Å². The van der Waals surface area contributed by atoms with E-state index in [1.54, 1.807) is 0 Å². The summed E-state index contributed by atoms with van der Waals surface area (Å²) >= 11 is 0. The number of carboxylic acids is 1. The number of carbonyl (C=O) groups excluding carboxylic acids is 1. The van der Waals surface area contributed by atoms with E-state index in [2.05, 4.69) is 5.32 Å². The second-order valence-corrected chi connectivity index (χ2v) is 8.60. The molecule has 1 amide bonds. The SMILES string of the molecule is N=C(Cc1ccc(C(F)(F)F)cc1)CC(C(=N)C(F)(F)F)C(=O)NC1(c2ccc(C(=O)O)cc2)CC1. The molecule has 192 valence electrons. The number of hydrogen-bond acceptors (Lipinski definition) is 4. The van der Waals surface area contributed by atoms with E-state index in [9.17, 15) is 35.9 Å². The average molecular weight is 513 g/mol. The molecule has 0 radical (unpaired) electrons. The van der Waals surface area contributed by atoms with Crippen molar-refractivity contribution in [1.82, 2.24) is 5.32 Å². The lowest BCUT2D eigenvalue weighted by Crippen LogP contribution is -2.45. The first-order chi connectivity index (χ1) is 16.6. The van der Waals surface area contributed by atoms with Gasteiger partial charge in [0.05, 0.1) is 22.6 Å². The predicted molar refractivity (Wildman–Crippen MR) is 117 cm³/mol. The second kappa shape index (κ2) is 9.75. The minimum absolute atomic E-state index is 0.00526.